The van der Waals surface area contributed by atoms with Gasteiger partial charge in [-0.2, -0.15) is 0 Å². The van der Waals surface area contributed by atoms with Crippen LogP contribution in [0.4, 0.5) is 5.69 Å². The lowest BCUT2D eigenvalue weighted by Gasteiger charge is -2.37. The Morgan fingerprint density at radius 3 is 2.21 bits per heavy atom. The summed E-state index contributed by atoms with van der Waals surface area (Å²) in [4.78, 5) is 11.0. The van der Waals surface area contributed by atoms with Gasteiger partial charge in [-0.3, -0.25) is 10.1 Å². The first-order chi connectivity index (χ1) is 11.5. The smallest absolute Gasteiger partial charge is 0.258 e. The van der Waals surface area contributed by atoms with Crippen LogP contribution in [0.5, 0.6) is 0 Å². The standard InChI is InChI=1S/C21H19NO2/c1-11-7-17-16-6-5-15(22(23)24)10-19(16)21-14-4-3-13(9-14)20(21)18(17)8-12(11)2/h3-8,10,13-14,20-21H,9H2,1-2H3/t13-,14+,20-,21+/m1/s1. The number of fused-ring (bicyclic) bond motifs is 10. The molecule has 0 radical (unpaired) electrons. The number of nitro groups is 1. The number of non-ortho nitro benzene ring substituents is 1. The van der Waals surface area contributed by atoms with Gasteiger partial charge in [-0.05, 0) is 83.4 Å². The molecule has 3 heteroatoms. The third kappa shape index (κ3) is 1.67. The lowest BCUT2D eigenvalue weighted by atomic mass is 9.67. The van der Waals surface area contributed by atoms with Crippen molar-refractivity contribution in [1.82, 2.24) is 0 Å². The molecular weight excluding hydrogens is 298 g/mol. The third-order valence-corrected chi connectivity index (χ3v) is 6.38. The van der Waals surface area contributed by atoms with Crippen molar-refractivity contribution in [3.05, 3.63) is 74.9 Å². The van der Waals surface area contributed by atoms with Crippen molar-refractivity contribution in [3.8, 4) is 11.1 Å². The van der Waals surface area contributed by atoms with Crippen molar-refractivity contribution < 1.29 is 4.92 Å². The molecule has 0 heterocycles. The molecule has 0 unspecified atom stereocenters. The Bertz CT molecular complexity index is 928. The van der Waals surface area contributed by atoms with Crippen molar-refractivity contribution in [1.29, 1.82) is 0 Å². The van der Waals surface area contributed by atoms with Gasteiger partial charge in [0.2, 0.25) is 0 Å². The van der Waals surface area contributed by atoms with E-state index in [2.05, 4.69) is 38.1 Å². The van der Waals surface area contributed by atoms with Gasteiger partial charge in [0.1, 0.15) is 0 Å². The Morgan fingerprint density at radius 1 is 0.917 bits per heavy atom. The molecule has 0 saturated heterocycles. The Balaban J connectivity index is 1.82. The molecule has 3 nitrogen and oxygen atoms in total. The normalized spacial score (nSPS) is 28.4. The van der Waals surface area contributed by atoms with Gasteiger partial charge in [0.15, 0.2) is 0 Å². The largest absolute Gasteiger partial charge is 0.269 e. The van der Waals surface area contributed by atoms with Crippen molar-refractivity contribution in [3.63, 3.8) is 0 Å². The number of allylic oxidation sites excluding steroid dienone is 2. The second kappa shape index (κ2) is 4.56. The molecule has 2 aromatic rings. The van der Waals surface area contributed by atoms with E-state index in [9.17, 15) is 10.1 Å². The van der Waals surface area contributed by atoms with Gasteiger partial charge in [-0.1, -0.05) is 24.3 Å². The zero-order valence-electron chi connectivity index (χ0n) is 13.8. The monoisotopic (exact) mass is 317 g/mol. The quantitative estimate of drug-likeness (QED) is 0.409. The van der Waals surface area contributed by atoms with Crippen LogP contribution in [0, 0.1) is 35.8 Å². The molecule has 0 aromatic heterocycles. The van der Waals surface area contributed by atoms with Crippen LogP contribution >= 0.6 is 0 Å². The summed E-state index contributed by atoms with van der Waals surface area (Å²) in [6.45, 7) is 4.33. The molecule has 120 valence electrons. The molecule has 1 fully saturated rings. The average Bonchev–Trinajstić information content (AvgIpc) is 3.18. The summed E-state index contributed by atoms with van der Waals surface area (Å²) in [5, 5.41) is 11.3. The number of hydrogen-bond acceptors (Lipinski definition) is 2. The molecule has 2 aromatic carbocycles. The van der Waals surface area contributed by atoms with E-state index >= 15 is 0 Å². The summed E-state index contributed by atoms with van der Waals surface area (Å²) >= 11 is 0. The van der Waals surface area contributed by atoms with Gasteiger partial charge >= 0.3 is 0 Å². The molecule has 0 aliphatic heterocycles. The first-order valence-electron chi connectivity index (χ1n) is 8.63. The van der Waals surface area contributed by atoms with E-state index in [1.54, 1.807) is 6.07 Å². The fraction of sp³-hybridized carbons (Fsp3) is 0.333. The van der Waals surface area contributed by atoms with Crippen LogP contribution < -0.4 is 0 Å². The zero-order chi connectivity index (χ0) is 16.6. The van der Waals surface area contributed by atoms with E-state index in [4.69, 9.17) is 0 Å². The third-order valence-electron chi connectivity index (χ3n) is 6.38. The molecular formula is C21H19NO2. The van der Waals surface area contributed by atoms with Gasteiger partial charge in [0.25, 0.3) is 5.69 Å². The van der Waals surface area contributed by atoms with Crippen LogP contribution in [0.2, 0.25) is 0 Å². The first-order valence-corrected chi connectivity index (χ1v) is 8.63. The lowest BCUT2D eigenvalue weighted by molar-refractivity contribution is -0.384. The summed E-state index contributed by atoms with van der Waals surface area (Å²) in [7, 11) is 0. The number of aryl methyl sites for hydroxylation is 2. The average molecular weight is 317 g/mol. The van der Waals surface area contributed by atoms with Crippen LogP contribution in [0.3, 0.4) is 0 Å². The fourth-order valence-electron chi connectivity index (χ4n) is 5.20. The van der Waals surface area contributed by atoms with E-state index in [0.717, 1.165) is 0 Å². The highest BCUT2D eigenvalue weighted by Crippen LogP contribution is 2.63. The van der Waals surface area contributed by atoms with E-state index in [1.165, 1.54) is 39.8 Å². The molecule has 0 N–H and O–H groups in total. The highest BCUT2D eigenvalue weighted by molar-refractivity contribution is 5.78. The molecule has 2 bridgehead atoms. The number of benzene rings is 2. The molecule has 3 aliphatic rings. The lowest BCUT2D eigenvalue weighted by Crippen LogP contribution is -2.22. The highest BCUT2D eigenvalue weighted by atomic mass is 16.6. The molecule has 1 saturated carbocycles. The van der Waals surface area contributed by atoms with Crippen molar-refractivity contribution in [2.45, 2.75) is 32.1 Å². The number of nitrogens with zero attached hydrogens (tertiary/aromatic N) is 1. The van der Waals surface area contributed by atoms with E-state index in [1.807, 2.05) is 12.1 Å². The summed E-state index contributed by atoms with van der Waals surface area (Å²) in [5.74, 6) is 1.97. The second-order valence-electron chi connectivity index (χ2n) is 7.55. The Labute approximate surface area is 141 Å². The summed E-state index contributed by atoms with van der Waals surface area (Å²) in [6.07, 6.45) is 5.89. The van der Waals surface area contributed by atoms with E-state index < -0.39 is 0 Å². The number of nitro benzene ring substituents is 1. The minimum Gasteiger partial charge on any atom is -0.258 e. The molecule has 4 atom stereocenters. The maximum Gasteiger partial charge on any atom is 0.269 e. The Morgan fingerprint density at radius 2 is 1.54 bits per heavy atom. The molecule has 3 aliphatic carbocycles. The van der Waals surface area contributed by atoms with Gasteiger partial charge in [0.05, 0.1) is 4.92 Å². The first kappa shape index (κ1) is 14.0. The van der Waals surface area contributed by atoms with Gasteiger partial charge in [0, 0.05) is 12.1 Å². The fourth-order valence-corrected chi connectivity index (χ4v) is 5.20. The van der Waals surface area contributed by atoms with Crippen molar-refractivity contribution >= 4 is 5.69 Å². The van der Waals surface area contributed by atoms with Crippen LogP contribution in [0.25, 0.3) is 11.1 Å². The highest BCUT2D eigenvalue weighted by Gasteiger charge is 2.49. The summed E-state index contributed by atoms with van der Waals surface area (Å²) in [6, 6.07) is 10.1. The van der Waals surface area contributed by atoms with Gasteiger partial charge < -0.3 is 0 Å². The van der Waals surface area contributed by atoms with E-state index in [-0.39, 0.29) is 10.6 Å². The number of rotatable bonds is 1. The Kier molecular flexibility index (Phi) is 2.66. The Hall–Kier alpha value is -2.42. The van der Waals surface area contributed by atoms with Crippen molar-refractivity contribution in [2.24, 2.45) is 11.8 Å². The minimum atomic E-state index is -0.270. The maximum absolute atomic E-state index is 11.3. The van der Waals surface area contributed by atoms with Crippen LogP contribution in [-0.2, 0) is 0 Å². The van der Waals surface area contributed by atoms with Crippen LogP contribution in [-0.4, -0.2) is 4.92 Å². The van der Waals surface area contributed by atoms with Crippen LogP contribution in [0.15, 0.2) is 42.5 Å². The predicted octanol–water partition coefficient (Wildman–Crippen LogP) is 5.27. The molecule has 24 heavy (non-hydrogen) atoms. The summed E-state index contributed by atoms with van der Waals surface area (Å²) < 4.78 is 0. The zero-order valence-corrected chi connectivity index (χ0v) is 13.8. The van der Waals surface area contributed by atoms with Crippen LogP contribution in [0.1, 0.15) is 40.5 Å². The molecule has 5 rings (SSSR count). The van der Waals surface area contributed by atoms with Crippen molar-refractivity contribution in [2.75, 3.05) is 0 Å². The molecule has 0 spiro atoms. The van der Waals surface area contributed by atoms with Gasteiger partial charge in [-0.25, -0.2) is 0 Å². The summed E-state index contributed by atoms with van der Waals surface area (Å²) in [5.41, 5.74) is 7.94. The van der Waals surface area contributed by atoms with E-state index in [0.29, 0.717) is 23.7 Å². The topological polar surface area (TPSA) is 43.1 Å². The second-order valence-corrected chi connectivity index (χ2v) is 7.55. The number of hydrogen-bond donors (Lipinski definition) is 0. The van der Waals surface area contributed by atoms with Gasteiger partial charge in [-0.15, -0.1) is 0 Å². The maximum atomic E-state index is 11.3. The molecule has 0 amide bonds. The minimum absolute atomic E-state index is 0.214. The predicted molar refractivity (Wildman–Crippen MR) is 94.2 cm³/mol. The SMILES string of the molecule is Cc1cc2c(cc1C)[C@@H]1[C@H](c3cc([N+](=O)[O-])ccc3-2)[C@H]2C=C[C@@H]1C2.